The van der Waals surface area contributed by atoms with Gasteiger partial charge in [0.25, 0.3) is 0 Å². The molecular formula is C34H38F3NO12. The third-order valence-corrected chi connectivity index (χ3v) is 9.30. The normalized spacial score (nSPS) is 26.1. The molecule has 5 N–H and O–H groups in total. The van der Waals surface area contributed by atoms with Crippen LogP contribution in [0.3, 0.4) is 0 Å². The number of unbranched alkanes of at least 4 members (excludes halogenated alkanes) is 2. The van der Waals surface area contributed by atoms with Crippen LogP contribution in [0.15, 0.2) is 18.2 Å². The number of aromatic hydroxyl groups is 2. The van der Waals surface area contributed by atoms with Crippen LogP contribution in [-0.2, 0) is 30.2 Å². The van der Waals surface area contributed by atoms with Gasteiger partial charge in [0, 0.05) is 36.0 Å². The molecule has 272 valence electrons. The molecule has 50 heavy (non-hydrogen) atoms. The van der Waals surface area contributed by atoms with Crippen molar-refractivity contribution in [2.45, 2.75) is 102 Å². The third kappa shape index (κ3) is 6.94. The molecule has 0 aromatic heterocycles. The summed E-state index contributed by atoms with van der Waals surface area (Å²) >= 11 is 0. The number of Topliss-reactive ketones (excluding diaryl/α,β-unsaturated/α-hetero) is 1. The number of hydrogen-bond donors (Lipinski definition) is 5. The Hall–Kier alpha value is -4.09. The summed E-state index contributed by atoms with van der Waals surface area (Å²) in [5.41, 5.74) is -4.28. The van der Waals surface area contributed by atoms with Crippen molar-refractivity contribution in [3.8, 4) is 17.2 Å². The van der Waals surface area contributed by atoms with Crippen LogP contribution in [0.25, 0.3) is 0 Å². The summed E-state index contributed by atoms with van der Waals surface area (Å²) in [5.74, 6) is -6.44. The zero-order valence-corrected chi connectivity index (χ0v) is 27.5. The molecule has 5 rings (SSSR count). The number of amides is 1. The molecule has 2 aromatic rings. The number of ketones is 3. The number of alkyl halides is 3. The molecule has 16 heteroatoms. The fourth-order valence-corrected chi connectivity index (χ4v) is 6.59. The number of rotatable bonds is 11. The number of nitrogens with one attached hydrogen (secondary N) is 1. The van der Waals surface area contributed by atoms with Crippen LogP contribution < -0.4 is 10.1 Å². The number of hydrogen-bond acceptors (Lipinski definition) is 12. The van der Waals surface area contributed by atoms with Gasteiger partial charge in [0.1, 0.15) is 29.0 Å². The lowest BCUT2D eigenvalue weighted by molar-refractivity contribution is -0.250. The first-order valence-electron chi connectivity index (χ1n) is 16.1. The van der Waals surface area contributed by atoms with Gasteiger partial charge in [-0.1, -0.05) is 31.9 Å². The summed E-state index contributed by atoms with van der Waals surface area (Å²) in [5, 5.41) is 46.8. The molecule has 2 aromatic carbocycles. The predicted octanol–water partition coefficient (Wildman–Crippen LogP) is 3.28. The molecule has 13 nitrogen and oxygen atoms in total. The van der Waals surface area contributed by atoms with E-state index in [0.717, 1.165) is 26.2 Å². The zero-order valence-electron chi connectivity index (χ0n) is 27.5. The number of ether oxygens (including phenoxy) is 4. The molecule has 1 aliphatic heterocycles. The minimum atomic E-state index is -5.25. The van der Waals surface area contributed by atoms with E-state index in [9.17, 15) is 52.8 Å². The average molecular weight is 710 g/mol. The highest BCUT2D eigenvalue weighted by atomic mass is 19.4. The highest BCUT2D eigenvalue weighted by molar-refractivity contribution is 6.31. The summed E-state index contributed by atoms with van der Waals surface area (Å²) in [6.07, 6.45) is -10.1. The SMILES string of the molecule is CCCCCOCOc1cccc2c1C(=O)c1c(O)c3c(c(O)c1C2=O)C[C@@](O)(C(C)=O)C[C@@H]3OC1CC(NC(=O)C(F)(F)F)C(O)C(C)O1. The summed E-state index contributed by atoms with van der Waals surface area (Å²) < 4.78 is 61.8. The van der Waals surface area contributed by atoms with E-state index in [1.165, 1.54) is 25.1 Å². The number of halogens is 3. The smallest absolute Gasteiger partial charge is 0.471 e. The lowest BCUT2D eigenvalue weighted by Gasteiger charge is -2.42. The number of aliphatic hydroxyl groups excluding tert-OH is 1. The third-order valence-electron chi connectivity index (χ3n) is 9.30. The van der Waals surface area contributed by atoms with Crippen LogP contribution in [0.1, 0.15) is 102 Å². The van der Waals surface area contributed by atoms with Crippen molar-refractivity contribution in [2.24, 2.45) is 0 Å². The Labute approximate surface area is 284 Å². The van der Waals surface area contributed by atoms with E-state index >= 15 is 0 Å². The molecule has 0 spiro atoms. The zero-order chi connectivity index (χ0) is 36.7. The first-order chi connectivity index (χ1) is 23.5. The number of carbonyl (C=O) groups is 4. The second-order valence-corrected chi connectivity index (χ2v) is 12.7. The van der Waals surface area contributed by atoms with Crippen LogP contribution in [0, 0.1) is 0 Å². The molecule has 0 radical (unpaired) electrons. The van der Waals surface area contributed by atoms with Gasteiger partial charge in [0.05, 0.1) is 41.5 Å². The summed E-state index contributed by atoms with van der Waals surface area (Å²) in [4.78, 5) is 52.3. The van der Waals surface area contributed by atoms with Gasteiger partial charge < -0.3 is 44.7 Å². The standard InChI is InChI=1S/C34H38F3NO12/c1-4-5-6-10-47-14-48-20-9-7-8-17-23(20)30(43)26-25(28(17)41)29(42)18-12-33(46,16(3)39)13-21(24(18)31(26)44)50-22-11-19(27(40)15(2)49-22)38-32(45)34(35,36)37/h7-9,15,19,21-22,27,40,42,44,46H,4-6,10-14H2,1-3H3,(H,38,45)/t15?,19?,21-,22?,27?,33-/m0/s1. The van der Waals surface area contributed by atoms with E-state index in [0.29, 0.717) is 6.61 Å². The van der Waals surface area contributed by atoms with Crippen molar-refractivity contribution in [3.63, 3.8) is 0 Å². The van der Waals surface area contributed by atoms with E-state index in [1.54, 1.807) is 5.32 Å². The topological polar surface area (TPSA) is 198 Å². The van der Waals surface area contributed by atoms with Crippen molar-refractivity contribution in [1.82, 2.24) is 5.32 Å². The highest BCUT2D eigenvalue weighted by Gasteiger charge is 2.50. The van der Waals surface area contributed by atoms with Crippen LogP contribution in [0.4, 0.5) is 13.2 Å². The van der Waals surface area contributed by atoms with Crippen molar-refractivity contribution in [2.75, 3.05) is 13.4 Å². The molecule has 2 aliphatic carbocycles. The van der Waals surface area contributed by atoms with Gasteiger partial charge in [0.15, 0.2) is 24.6 Å². The molecule has 0 bridgehead atoms. The Balaban J connectivity index is 1.53. The summed E-state index contributed by atoms with van der Waals surface area (Å²) in [7, 11) is 0. The first-order valence-corrected chi connectivity index (χ1v) is 16.1. The monoisotopic (exact) mass is 709 g/mol. The minimum Gasteiger partial charge on any atom is -0.507 e. The Morgan fingerprint density at radius 2 is 1.78 bits per heavy atom. The second-order valence-electron chi connectivity index (χ2n) is 12.7. The van der Waals surface area contributed by atoms with Gasteiger partial charge in [0.2, 0.25) is 5.78 Å². The van der Waals surface area contributed by atoms with Crippen molar-refractivity contribution in [1.29, 1.82) is 0 Å². The minimum absolute atomic E-state index is 0.0209. The van der Waals surface area contributed by atoms with E-state index in [1.807, 2.05) is 6.92 Å². The Morgan fingerprint density at radius 1 is 1.08 bits per heavy atom. The van der Waals surface area contributed by atoms with Gasteiger partial charge >= 0.3 is 12.1 Å². The van der Waals surface area contributed by atoms with E-state index in [2.05, 4.69) is 0 Å². The maximum absolute atomic E-state index is 14.1. The van der Waals surface area contributed by atoms with Crippen LogP contribution >= 0.6 is 0 Å². The number of phenolic OH excluding ortho intramolecular Hbond substituents is 2. The summed E-state index contributed by atoms with van der Waals surface area (Å²) in [6.45, 7) is 4.56. The molecule has 1 amide bonds. The molecule has 1 heterocycles. The highest BCUT2D eigenvalue weighted by Crippen LogP contribution is 2.52. The predicted molar refractivity (Wildman–Crippen MR) is 165 cm³/mol. The molecule has 0 saturated carbocycles. The average Bonchev–Trinajstić information content (AvgIpc) is 3.04. The van der Waals surface area contributed by atoms with E-state index in [-0.39, 0.29) is 34.8 Å². The van der Waals surface area contributed by atoms with Crippen molar-refractivity contribution < 1.29 is 71.7 Å². The van der Waals surface area contributed by atoms with Gasteiger partial charge in [-0.05, 0) is 26.3 Å². The van der Waals surface area contributed by atoms with E-state index < -0.39 is 108 Å². The maximum atomic E-state index is 14.1. The molecule has 4 unspecified atom stereocenters. The fraction of sp³-hybridized carbons (Fsp3) is 0.529. The fourth-order valence-electron chi connectivity index (χ4n) is 6.59. The van der Waals surface area contributed by atoms with Crippen LogP contribution in [0.5, 0.6) is 17.2 Å². The van der Waals surface area contributed by atoms with E-state index in [4.69, 9.17) is 18.9 Å². The number of aliphatic hydroxyl groups is 2. The Bertz CT molecular complexity index is 1690. The quantitative estimate of drug-likeness (QED) is 0.111. The molecule has 6 atom stereocenters. The van der Waals surface area contributed by atoms with Crippen LogP contribution in [0.2, 0.25) is 0 Å². The van der Waals surface area contributed by atoms with Crippen LogP contribution in [-0.4, -0.2) is 93.4 Å². The Kier molecular flexibility index (Phi) is 10.6. The van der Waals surface area contributed by atoms with Crippen molar-refractivity contribution >= 4 is 23.3 Å². The van der Waals surface area contributed by atoms with Gasteiger partial charge in [-0.25, -0.2) is 0 Å². The lowest BCUT2D eigenvalue weighted by atomic mass is 9.72. The van der Waals surface area contributed by atoms with Gasteiger partial charge in [-0.3, -0.25) is 19.2 Å². The number of fused-ring (bicyclic) bond motifs is 3. The molecule has 3 aliphatic rings. The number of carbonyl (C=O) groups excluding carboxylic acids is 4. The number of phenols is 2. The van der Waals surface area contributed by atoms with Gasteiger partial charge in [-0.2, -0.15) is 13.2 Å². The largest absolute Gasteiger partial charge is 0.507 e. The summed E-state index contributed by atoms with van der Waals surface area (Å²) in [6, 6.07) is 2.72. The lowest BCUT2D eigenvalue weighted by Crippen LogP contribution is -2.57. The van der Waals surface area contributed by atoms with Gasteiger partial charge in [-0.15, -0.1) is 0 Å². The maximum Gasteiger partial charge on any atom is 0.471 e. The van der Waals surface area contributed by atoms with Crippen molar-refractivity contribution in [3.05, 3.63) is 51.6 Å². The molecule has 1 saturated heterocycles. The second kappa shape index (κ2) is 14.3. The first kappa shape index (κ1) is 37.2. The molecule has 1 fully saturated rings. The molecular weight excluding hydrogens is 671 g/mol. The number of benzene rings is 2. The Morgan fingerprint density at radius 3 is 2.44 bits per heavy atom.